The Hall–Kier alpha value is -3.06. The first-order valence-corrected chi connectivity index (χ1v) is 10.8. The molecule has 33 heavy (non-hydrogen) atoms. The lowest BCUT2D eigenvalue weighted by molar-refractivity contribution is -0.138. The number of hydrogen-bond donors (Lipinski definition) is 0. The van der Waals surface area contributed by atoms with E-state index in [4.69, 9.17) is 10.00 Å². The summed E-state index contributed by atoms with van der Waals surface area (Å²) < 4.78 is 47.8. The number of fused-ring (bicyclic) bond motifs is 1. The van der Waals surface area contributed by atoms with E-state index in [9.17, 15) is 18.0 Å². The summed E-state index contributed by atoms with van der Waals surface area (Å²) in [5.74, 6) is 0.138. The summed E-state index contributed by atoms with van der Waals surface area (Å²) in [6.45, 7) is 3.25. The average molecular weight is 461 g/mol. The summed E-state index contributed by atoms with van der Waals surface area (Å²) in [5.41, 5.74) is -1.11. The topological polar surface area (TPSA) is 74.4 Å². The maximum Gasteiger partial charge on any atom is 0.417 e. The number of amides is 1. The van der Waals surface area contributed by atoms with E-state index in [0.29, 0.717) is 51.4 Å². The van der Waals surface area contributed by atoms with Crippen LogP contribution in [0.15, 0.2) is 36.9 Å². The van der Waals surface area contributed by atoms with Crippen molar-refractivity contribution in [3.05, 3.63) is 48.0 Å². The van der Waals surface area contributed by atoms with Crippen molar-refractivity contribution in [2.75, 3.05) is 44.8 Å². The van der Waals surface area contributed by atoms with Gasteiger partial charge in [0.05, 0.1) is 30.1 Å². The zero-order valence-corrected chi connectivity index (χ0v) is 18.4. The number of benzene rings is 1. The molecule has 1 aromatic carbocycles. The Morgan fingerprint density at radius 1 is 1.36 bits per heavy atom. The van der Waals surface area contributed by atoms with Crippen molar-refractivity contribution < 1.29 is 22.7 Å². The van der Waals surface area contributed by atoms with Gasteiger partial charge in [0.1, 0.15) is 0 Å². The number of anilines is 1. The standard InChI is InChI=1S/C23H26F3N5O2/c1-33-15-22-5-8-30(21(32)4-7-29-9-6-28-16-29)12-18(22)13-31(14-22)19-3-2-17(11-27)20(10-19)23(24,25)26/h2-3,6,9-10,16,18H,4-5,7-8,12-15H2,1H3/t18-,22+/m1/s1. The Balaban J connectivity index is 1.50. The Morgan fingerprint density at radius 3 is 2.85 bits per heavy atom. The van der Waals surface area contributed by atoms with Crippen LogP contribution in [0.3, 0.4) is 0 Å². The molecule has 0 unspecified atom stereocenters. The van der Waals surface area contributed by atoms with E-state index in [1.54, 1.807) is 31.8 Å². The molecule has 4 rings (SSSR count). The third kappa shape index (κ3) is 4.69. The molecule has 0 spiro atoms. The van der Waals surface area contributed by atoms with Gasteiger partial charge in [-0.1, -0.05) is 0 Å². The van der Waals surface area contributed by atoms with Crippen LogP contribution in [0, 0.1) is 22.7 Å². The summed E-state index contributed by atoms with van der Waals surface area (Å²) in [5, 5.41) is 9.08. The lowest BCUT2D eigenvalue weighted by Crippen LogP contribution is -2.51. The smallest absolute Gasteiger partial charge is 0.384 e. The van der Waals surface area contributed by atoms with Gasteiger partial charge in [0.15, 0.2) is 0 Å². The van der Waals surface area contributed by atoms with Crippen molar-refractivity contribution in [3.63, 3.8) is 0 Å². The fourth-order valence-corrected chi connectivity index (χ4v) is 5.09. The summed E-state index contributed by atoms with van der Waals surface area (Å²) in [6, 6.07) is 5.49. The molecule has 176 valence electrons. The number of imidazole rings is 1. The number of ether oxygens (including phenoxy) is 1. The first-order valence-electron chi connectivity index (χ1n) is 10.8. The van der Waals surface area contributed by atoms with Gasteiger partial charge in [0, 0.05) is 75.7 Å². The fourth-order valence-electron chi connectivity index (χ4n) is 5.09. The van der Waals surface area contributed by atoms with Gasteiger partial charge in [-0.2, -0.15) is 18.4 Å². The molecule has 0 radical (unpaired) electrons. The number of nitrogens with zero attached hydrogens (tertiary/aromatic N) is 5. The van der Waals surface area contributed by atoms with E-state index < -0.39 is 11.7 Å². The second-order valence-corrected chi connectivity index (χ2v) is 8.85. The van der Waals surface area contributed by atoms with Crippen LogP contribution in [0.2, 0.25) is 0 Å². The lowest BCUT2D eigenvalue weighted by Gasteiger charge is -2.43. The van der Waals surface area contributed by atoms with Crippen molar-refractivity contribution in [1.82, 2.24) is 14.5 Å². The van der Waals surface area contributed by atoms with E-state index in [-0.39, 0.29) is 22.8 Å². The fraction of sp³-hybridized carbons (Fsp3) is 0.522. The molecule has 0 N–H and O–H groups in total. The highest BCUT2D eigenvalue weighted by molar-refractivity contribution is 5.76. The van der Waals surface area contributed by atoms with Gasteiger partial charge in [-0.25, -0.2) is 4.98 Å². The minimum atomic E-state index is -4.60. The first-order chi connectivity index (χ1) is 15.8. The number of piperidine rings is 1. The molecule has 2 fully saturated rings. The van der Waals surface area contributed by atoms with Crippen LogP contribution in [-0.2, 0) is 22.3 Å². The molecule has 2 aliphatic heterocycles. The maximum atomic E-state index is 13.5. The number of carbonyl (C=O) groups excluding carboxylic acids is 1. The maximum absolute atomic E-state index is 13.5. The predicted molar refractivity (Wildman–Crippen MR) is 114 cm³/mol. The Bertz CT molecular complexity index is 1030. The number of aryl methyl sites for hydroxylation is 1. The highest BCUT2D eigenvalue weighted by Crippen LogP contribution is 2.45. The molecule has 2 saturated heterocycles. The van der Waals surface area contributed by atoms with Crippen molar-refractivity contribution in [2.45, 2.75) is 25.6 Å². The molecule has 1 aromatic heterocycles. The van der Waals surface area contributed by atoms with E-state index >= 15 is 0 Å². The van der Waals surface area contributed by atoms with E-state index in [1.807, 2.05) is 20.6 Å². The molecule has 2 aromatic rings. The number of hydrogen-bond acceptors (Lipinski definition) is 5. The van der Waals surface area contributed by atoms with E-state index in [2.05, 4.69) is 4.98 Å². The van der Waals surface area contributed by atoms with Crippen LogP contribution < -0.4 is 4.90 Å². The minimum Gasteiger partial charge on any atom is -0.384 e. The van der Waals surface area contributed by atoms with Crippen LogP contribution in [0.5, 0.6) is 0 Å². The van der Waals surface area contributed by atoms with Crippen molar-refractivity contribution in [1.29, 1.82) is 5.26 Å². The summed E-state index contributed by atoms with van der Waals surface area (Å²) >= 11 is 0. The monoisotopic (exact) mass is 461 g/mol. The second kappa shape index (κ2) is 9.06. The highest BCUT2D eigenvalue weighted by Gasteiger charge is 2.50. The average Bonchev–Trinajstić information content (AvgIpc) is 3.44. The predicted octanol–water partition coefficient (Wildman–Crippen LogP) is 3.17. The highest BCUT2D eigenvalue weighted by atomic mass is 19.4. The minimum absolute atomic E-state index is 0.0610. The van der Waals surface area contributed by atoms with Crippen LogP contribution in [0.25, 0.3) is 0 Å². The van der Waals surface area contributed by atoms with Crippen LogP contribution in [0.4, 0.5) is 18.9 Å². The number of aromatic nitrogens is 2. The Kier molecular flexibility index (Phi) is 6.34. The van der Waals surface area contributed by atoms with Crippen LogP contribution in [0.1, 0.15) is 24.0 Å². The van der Waals surface area contributed by atoms with Gasteiger partial charge in [0.2, 0.25) is 5.91 Å². The third-order valence-electron chi connectivity index (χ3n) is 6.85. The molecule has 0 bridgehead atoms. The van der Waals surface area contributed by atoms with Gasteiger partial charge in [-0.15, -0.1) is 0 Å². The second-order valence-electron chi connectivity index (χ2n) is 8.85. The molecule has 3 heterocycles. The van der Waals surface area contributed by atoms with Crippen LogP contribution in [-0.4, -0.2) is 60.3 Å². The van der Waals surface area contributed by atoms with Gasteiger partial charge >= 0.3 is 6.18 Å². The lowest BCUT2D eigenvalue weighted by atomic mass is 9.73. The molecule has 1 amide bonds. The van der Waals surface area contributed by atoms with Crippen molar-refractivity contribution >= 4 is 11.6 Å². The Labute approximate surface area is 190 Å². The third-order valence-corrected chi connectivity index (χ3v) is 6.85. The van der Waals surface area contributed by atoms with Gasteiger partial charge in [-0.05, 0) is 24.6 Å². The van der Waals surface area contributed by atoms with Crippen molar-refractivity contribution in [2.24, 2.45) is 11.3 Å². The quantitative estimate of drug-likeness (QED) is 0.661. The molecule has 0 saturated carbocycles. The van der Waals surface area contributed by atoms with Gasteiger partial charge in [-0.3, -0.25) is 4.79 Å². The van der Waals surface area contributed by atoms with Crippen LogP contribution >= 0.6 is 0 Å². The molecule has 2 atom stereocenters. The summed E-state index contributed by atoms with van der Waals surface area (Å²) in [7, 11) is 1.63. The zero-order chi connectivity index (χ0) is 23.6. The van der Waals surface area contributed by atoms with Crippen molar-refractivity contribution in [3.8, 4) is 6.07 Å². The van der Waals surface area contributed by atoms with Gasteiger partial charge in [0.25, 0.3) is 0 Å². The number of nitriles is 1. The largest absolute Gasteiger partial charge is 0.417 e. The number of likely N-dealkylation sites (tertiary alicyclic amines) is 1. The number of rotatable bonds is 6. The number of alkyl halides is 3. The SMILES string of the molecule is COC[C@@]12CCN(C(=O)CCn3ccnc3)C[C@@H]1CN(c1ccc(C#N)c(C(F)(F)F)c1)C2. The number of carbonyl (C=O) groups is 1. The first kappa shape index (κ1) is 23.1. The molecule has 7 nitrogen and oxygen atoms in total. The molecule has 2 aliphatic rings. The summed E-state index contributed by atoms with van der Waals surface area (Å²) in [6.07, 6.45) is 1.65. The van der Waals surface area contributed by atoms with E-state index in [0.717, 1.165) is 12.5 Å². The zero-order valence-electron chi connectivity index (χ0n) is 18.4. The molecule has 10 heteroatoms. The molecular weight excluding hydrogens is 435 g/mol. The normalized spacial score (nSPS) is 22.8. The Morgan fingerprint density at radius 2 is 2.18 bits per heavy atom. The number of halogens is 3. The molecular formula is C23H26F3N5O2. The summed E-state index contributed by atoms with van der Waals surface area (Å²) in [4.78, 5) is 20.6. The van der Waals surface area contributed by atoms with Gasteiger partial charge < -0.3 is 19.1 Å². The number of methoxy groups -OCH3 is 1. The molecule has 0 aliphatic carbocycles. The van der Waals surface area contributed by atoms with E-state index in [1.165, 1.54) is 6.07 Å².